The number of rotatable bonds is 8. The summed E-state index contributed by atoms with van der Waals surface area (Å²) in [6.07, 6.45) is -4.74. The quantitative estimate of drug-likeness (QED) is 0.191. The number of hydrogen-bond acceptors (Lipinski definition) is 10. The fourth-order valence-electron chi connectivity index (χ4n) is 3.68. The summed E-state index contributed by atoms with van der Waals surface area (Å²) >= 11 is 12.1. The zero-order chi connectivity index (χ0) is 25.5. The number of ether oxygens (including phenoxy) is 1. The lowest BCUT2D eigenvalue weighted by Crippen LogP contribution is -2.36. The molecule has 2 aromatic heterocycles. The van der Waals surface area contributed by atoms with Gasteiger partial charge >= 0.3 is 7.60 Å². The fraction of sp³-hybridized carbons (Fsp3) is 0.389. The first-order valence-corrected chi connectivity index (χ1v) is 14.4. The monoisotopic (exact) mass is 567 g/mol. The first-order valence-electron chi connectivity index (χ1n) is 9.99. The van der Waals surface area contributed by atoms with Crippen LogP contribution < -0.4 is 5.32 Å². The Hall–Kier alpha value is -1.87. The Kier molecular flexibility index (Phi) is 7.40. The highest BCUT2D eigenvalue weighted by Crippen LogP contribution is 2.38. The molecule has 35 heavy (non-hydrogen) atoms. The number of aromatic nitrogens is 4. The number of aliphatic hydroxyl groups is 2. The molecule has 1 aliphatic heterocycles. The van der Waals surface area contributed by atoms with Crippen molar-refractivity contribution in [1.82, 2.24) is 19.7 Å². The molecule has 5 N–H and O–H groups in total. The lowest BCUT2D eigenvalue weighted by atomic mass is 10.1. The second-order valence-electron chi connectivity index (χ2n) is 7.90. The maximum atomic E-state index is 12.1. The molecule has 190 valence electrons. The van der Waals surface area contributed by atoms with Crippen molar-refractivity contribution in [3.8, 4) is 0 Å². The summed E-state index contributed by atoms with van der Waals surface area (Å²) in [6, 6.07) is 7.15. The number of nitrogens with one attached hydrogen (secondary N) is 1. The Morgan fingerprint density at radius 2 is 1.91 bits per heavy atom. The Morgan fingerprint density at radius 3 is 2.60 bits per heavy atom. The van der Waals surface area contributed by atoms with Crippen molar-refractivity contribution < 1.29 is 37.7 Å². The lowest BCUT2D eigenvalue weighted by Gasteiger charge is -2.16. The van der Waals surface area contributed by atoms with Crippen LogP contribution in [-0.2, 0) is 25.7 Å². The van der Waals surface area contributed by atoms with Crippen LogP contribution >= 0.6 is 30.8 Å². The Morgan fingerprint density at radius 1 is 1.17 bits per heavy atom. The van der Waals surface area contributed by atoms with Crippen molar-refractivity contribution in [2.24, 2.45) is 0 Å². The molecule has 1 aliphatic rings. The molecule has 1 fully saturated rings. The summed E-state index contributed by atoms with van der Waals surface area (Å²) in [5.74, 6) is -0.603. The molecule has 0 aliphatic carbocycles. The molecule has 0 radical (unpaired) electrons. The van der Waals surface area contributed by atoms with Crippen LogP contribution in [0.4, 0.5) is 5.82 Å². The third-order valence-electron chi connectivity index (χ3n) is 5.14. The van der Waals surface area contributed by atoms with Crippen molar-refractivity contribution in [2.75, 3.05) is 16.6 Å². The van der Waals surface area contributed by atoms with Gasteiger partial charge < -0.3 is 30.1 Å². The van der Waals surface area contributed by atoms with Crippen molar-refractivity contribution >= 4 is 57.5 Å². The van der Waals surface area contributed by atoms with Gasteiger partial charge in [-0.05, 0) is 29.3 Å². The molecule has 13 nitrogen and oxygen atoms in total. The number of sulfone groups is 1. The van der Waals surface area contributed by atoms with E-state index in [2.05, 4.69) is 20.4 Å². The summed E-state index contributed by atoms with van der Waals surface area (Å²) in [4.78, 5) is 26.2. The highest BCUT2D eigenvalue weighted by molar-refractivity contribution is 7.97. The summed E-state index contributed by atoms with van der Waals surface area (Å²) < 4.78 is 42.0. The zero-order valence-corrected chi connectivity index (χ0v) is 20.9. The van der Waals surface area contributed by atoms with Crippen LogP contribution in [0.5, 0.6) is 0 Å². The van der Waals surface area contributed by atoms with Crippen molar-refractivity contribution in [3.63, 3.8) is 0 Å². The molecule has 3 aromatic rings. The van der Waals surface area contributed by atoms with E-state index >= 15 is 0 Å². The van der Waals surface area contributed by atoms with Gasteiger partial charge in [-0.25, -0.2) is 13.1 Å². The van der Waals surface area contributed by atoms with E-state index in [0.717, 1.165) is 10.2 Å². The minimum absolute atomic E-state index is 0.133. The van der Waals surface area contributed by atoms with Gasteiger partial charge in [0, 0.05) is 11.6 Å². The van der Waals surface area contributed by atoms with Gasteiger partial charge in [-0.2, -0.15) is 15.1 Å². The number of hydrogen-bond donors (Lipinski definition) is 5. The van der Waals surface area contributed by atoms with E-state index in [0.29, 0.717) is 22.8 Å². The van der Waals surface area contributed by atoms with Crippen LogP contribution in [-0.4, -0.2) is 77.7 Å². The third-order valence-corrected chi connectivity index (χ3v) is 9.30. The summed E-state index contributed by atoms with van der Waals surface area (Å²) in [5, 5.41) is 28.9. The van der Waals surface area contributed by atoms with Gasteiger partial charge in [-0.15, -0.1) is 0 Å². The molecule has 0 amide bonds. The van der Waals surface area contributed by atoms with Gasteiger partial charge in [-0.3, -0.25) is 4.57 Å². The Bertz CT molecular complexity index is 1400. The minimum atomic E-state index is -4.87. The van der Waals surface area contributed by atoms with Gasteiger partial charge in [0.25, 0.3) is 0 Å². The van der Waals surface area contributed by atoms with E-state index in [4.69, 9.17) is 37.7 Å². The molecular weight excluding hydrogens is 548 g/mol. The van der Waals surface area contributed by atoms with Crippen LogP contribution in [0.1, 0.15) is 11.8 Å². The average Bonchev–Trinajstić information content (AvgIpc) is 3.26. The highest BCUT2D eigenvalue weighted by Gasteiger charge is 2.47. The van der Waals surface area contributed by atoms with Gasteiger partial charge in [0.15, 0.2) is 27.2 Å². The maximum absolute atomic E-state index is 12.1. The topological polar surface area (TPSA) is 197 Å². The highest BCUT2D eigenvalue weighted by atomic mass is 35.5. The summed E-state index contributed by atoms with van der Waals surface area (Å²) in [7, 11) is -9.19. The third kappa shape index (κ3) is 6.10. The van der Waals surface area contributed by atoms with Crippen LogP contribution in [0.3, 0.4) is 0 Å². The first-order chi connectivity index (χ1) is 16.3. The van der Waals surface area contributed by atoms with E-state index in [1.165, 1.54) is 6.20 Å². The van der Waals surface area contributed by atoms with E-state index in [1.807, 2.05) is 6.07 Å². The molecule has 4 rings (SSSR count). The molecule has 0 saturated carbocycles. The van der Waals surface area contributed by atoms with Gasteiger partial charge in [0.05, 0.1) is 17.3 Å². The fourth-order valence-corrected chi connectivity index (χ4v) is 7.31. The average molecular weight is 568 g/mol. The molecule has 3 heterocycles. The zero-order valence-electron chi connectivity index (χ0n) is 17.6. The summed E-state index contributed by atoms with van der Waals surface area (Å²) in [6.45, 7) is 0.342. The number of fused-ring (bicyclic) bond motifs is 1. The van der Waals surface area contributed by atoms with E-state index in [-0.39, 0.29) is 10.9 Å². The maximum Gasteiger partial charge on any atom is 0.340 e. The van der Waals surface area contributed by atoms with E-state index < -0.39 is 53.2 Å². The van der Waals surface area contributed by atoms with Crippen LogP contribution in [0.2, 0.25) is 10.3 Å². The molecule has 0 spiro atoms. The van der Waals surface area contributed by atoms with E-state index in [9.17, 15) is 23.2 Å². The van der Waals surface area contributed by atoms with Crippen molar-refractivity contribution in [1.29, 1.82) is 0 Å². The largest absolute Gasteiger partial charge is 0.387 e. The molecule has 1 aromatic carbocycles. The van der Waals surface area contributed by atoms with E-state index in [1.54, 1.807) is 18.2 Å². The van der Waals surface area contributed by atoms with Gasteiger partial charge in [0.1, 0.15) is 24.1 Å². The molecule has 1 saturated heterocycles. The Labute approximate surface area is 208 Å². The number of halogens is 2. The van der Waals surface area contributed by atoms with Gasteiger partial charge in [0.2, 0.25) is 5.28 Å². The molecule has 17 heteroatoms. The SMILES string of the molecule is O=P(O)(O)CS(=O)(=O)C[C@H]1O[C@@H](n2ncc3c(NCc4cccc(Cl)c4)nc(Cl)nc32)[C@H](O)[C@@H]1O. The van der Waals surface area contributed by atoms with Crippen molar-refractivity contribution in [3.05, 3.63) is 46.3 Å². The molecular formula is C18H20Cl2N5O8PS. The lowest BCUT2D eigenvalue weighted by molar-refractivity contribution is -0.0364. The molecule has 0 unspecified atom stereocenters. The van der Waals surface area contributed by atoms with Gasteiger partial charge in [-0.1, -0.05) is 23.7 Å². The predicted octanol–water partition coefficient (Wildman–Crippen LogP) is 0.914. The number of anilines is 1. The minimum Gasteiger partial charge on any atom is -0.387 e. The number of benzene rings is 1. The summed E-state index contributed by atoms with van der Waals surface area (Å²) in [5.41, 5.74) is -0.416. The predicted molar refractivity (Wildman–Crippen MR) is 126 cm³/mol. The molecule has 4 atom stereocenters. The normalized spacial score (nSPS) is 23.1. The van der Waals surface area contributed by atoms with Crippen LogP contribution in [0.15, 0.2) is 30.5 Å². The second kappa shape index (κ2) is 9.88. The van der Waals surface area contributed by atoms with Crippen LogP contribution in [0, 0.1) is 0 Å². The number of aliphatic hydroxyl groups excluding tert-OH is 2. The number of nitrogens with zero attached hydrogens (tertiary/aromatic N) is 4. The standard InChI is InChI=1S/C18H20Cl2N5O8PS/c19-10-3-1-2-9(4-10)5-21-15-11-6-22-25(16(11)24-18(20)23-15)17-14(27)13(26)12(33-17)7-35(31,32)8-34(28,29)30/h1-4,6,12-14,17,26-27H,5,7-8H2,(H,21,23,24)(H2,28,29,30)/t12-,13-,14-,17-/m1/s1. The first kappa shape index (κ1) is 26.2. The Balaban J connectivity index is 1.58. The smallest absolute Gasteiger partial charge is 0.340 e. The molecule has 0 bridgehead atoms. The second-order valence-corrected chi connectivity index (χ2v) is 12.9. The van der Waals surface area contributed by atoms with Crippen LogP contribution in [0.25, 0.3) is 11.0 Å². The van der Waals surface area contributed by atoms with Crippen molar-refractivity contribution in [2.45, 2.75) is 31.1 Å².